The van der Waals surface area contributed by atoms with Crippen molar-refractivity contribution in [3.63, 3.8) is 0 Å². The van der Waals surface area contributed by atoms with E-state index in [2.05, 4.69) is 22.5 Å². The van der Waals surface area contributed by atoms with E-state index in [0.29, 0.717) is 29.1 Å². The summed E-state index contributed by atoms with van der Waals surface area (Å²) in [5.41, 5.74) is 1.78. The summed E-state index contributed by atoms with van der Waals surface area (Å²) < 4.78 is 9.81. The van der Waals surface area contributed by atoms with Crippen LogP contribution in [0.4, 0.5) is 0 Å². The lowest BCUT2D eigenvalue weighted by Crippen LogP contribution is -2.53. The van der Waals surface area contributed by atoms with E-state index in [4.69, 9.17) is 9.47 Å². The second-order valence-electron chi connectivity index (χ2n) is 6.72. The first-order valence-electron chi connectivity index (χ1n) is 8.52. The number of alkyl halides is 1. The van der Waals surface area contributed by atoms with Gasteiger partial charge in [-0.1, -0.05) is 34.7 Å². The molecule has 0 saturated heterocycles. The Morgan fingerprint density at radius 2 is 1.85 bits per heavy atom. The smallest absolute Gasteiger partial charge is 0.177 e. The van der Waals surface area contributed by atoms with Crippen LogP contribution in [0.5, 0.6) is 17.2 Å². The highest BCUT2D eigenvalue weighted by Gasteiger charge is 2.58. The molecule has 3 atom stereocenters. The molecule has 0 heterocycles. The third-order valence-electron chi connectivity index (χ3n) is 5.31. The van der Waals surface area contributed by atoms with Gasteiger partial charge in [-0.25, -0.2) is 0 Å². The second kappa shape index (κ2) is 7.00. The lowest BCUT2D eigenvalue weighted by Gasteiger charge is -2.46. The summed E-state index contributed by atoms with van der Waals surface area (Å²) in [5.74, 6) is -0.639. The fraction of sp³-hybridized carbons (Fsp3) is 0.333. The molecule has 0 fully saturated rings. The quantitative estimate of drug-likeness (QED) is 0.731. The van der Waals surface area contributed by atoms with Crippen LogP contribution >= 0.6 is 15.9 Å². The van der Waals surface area contributed by atoms with Crippen LogP contribution in [-0.2, 0) is 9.59 Å². The number of halogens is 1. The third kappa shape index (κ3) is 2.83. The molecule has 0 radical (unpaired) electrons. The average molecular weight is 433 g/mol. The molecule has 27 heavy (non-hydrogen) atoms. The molecule has 2 aliphatic rings. The molecule has 1 aromatic rings. The van der Waals surface area contributed by atoms with Gasteiger partial charge < -0.3 is 14.6 Å². The molecule has 1 N–H and O–H groups in total. The first kappa shape index (κ1) is 19.4. The number of benzene rings is 1. The number of carbonyl (C=O) groups excluding carboxylic acids is 2. The first-order valence-corrected chi connectivity index (χ1v) is 9.32. The van der Waals surface area contributed by atoms with Crippen LogP contribution in [-0.4, -0.2) is 35.2 Å². The Morgan fingerprint density at radius 1 is 1.26 bits per heavy atom. The molecule has 0 aromatic heterocycles. The largest absolute Gasteiger partial charge is 0.508 e. The number of Topliss-reactive ketones (excluding diaryl/α,β-unsaturated/α-hetero) is 1. The lowest BCUT2D eigenvalue weighted by atomic mass is 9.62. The minimum Gasteiger partial charge on any atom is -0.508 e. The van der Waals surface area contributed by atoms with Gasteiger partial charge in [0.15, 0.2) is 11.6 Å². The first-order chi connectivity index (χ1) is 12.8. The maximum absolute atomic E-state index is 13.3. The molecule has 0 amide bonds. The summed E-state index contributed by atoms with van der Waals surface area (Å²) in [7, 11) is 2.96. The van der Waals surface area contributed by atoms with Crippen molar-refractivity contribution >= 4 is 27.5 Å². The van der Waals surface area contributed by atoms with E-state index >= 15 is 0 Å². The Bertz CT molecular complexity index is 873. The van der Waals surface area contributed by atoms with Crippen molar-refractivity contribution in [1.29, 1.82) is 0 Å². The zero-order valence-corrected chi connectivity index (χ0v) is 17.0. The second-order valence-corrected chi connectivity index (χ2v) is 8.03. The standard InChI is InChI=1S/C21H21BrO5/c1-5-12-6-7-14-15(24)8-11(2)20(25)21(14,22)19(12)18-16(26-3)9-13(23)10-17(18)27-4/h5-6,8-10,14,19,23H,1,7H2,2-4H3/t14-,19+,21-/m0/s1. The average Bonchev–Trinajstić information content (AvgIpc) is 2.65. The van der Waals surface area contributed by atoms with Crippen LogP contribution in [0, 0.1) is 5.92 Å². The van der Waals surface area contributed by atoms with Gasteiger partial charge in [0.1, 0.15) is 21.6 Å². The number of hydrogen-bond acceptors (Lipinski definition) is 5. The molecule has 1 aromatic carbocycles. The van der Waals surface area contributed by atoms with E-state index in [0.717, 1.165) is 5.57 Å². The molecular formula is C21H21BrO5. The highest BCUT2D eigenvalue weighted by molar-refractivity contribution is 9.10. The number of phenols is 1. The van der Waals surface area contributed by atoms with Gasteiger partial charge in [0.05, 0.1) is 14.2 Å². The molecule has 0 aliphatic heterocycles. The van der Waals surface area contributed by atoms with Crippen molar-refractivity contribution in [1.82, 2.24) is 0 Å². The highest BCUT2D eigenvalue weighted by atomic mass is 79.9. The summed E-state index contributed by atoms with van der Waals surface area (Å²) in [6, 6.07) is 2.94. The van der Waals surface area contributed by atoms with Crippen LogP contribution < -0.4 is 9.47 Å². The lowest BCUT2D eigenvalue weighted by molar-refractivity contribution is -0.128. The zero-order valence-electron chi connectivity index (χ0n) is 15.4. The van der Waals surface area contributed by atoms with E-state index in [9.17, 15) is 14.7 Å². The van der Waals surface area contributed by atoms with Crippen LogP contribution in [0.25, 0.3) is 0 Å². The van der Waals surface area contributed by atoms with Gasteiger partial charge in [0.25, 0.3) is 0 Å². The fourth-order valence-electron chi connectivity index (χ4n) is 4.07. The monoisotopic (exact) mass is 432 g/mol. The number of allylic oxidation sites excluding steroid dienone is 5. The van der Waals surface area contributed by atoms with E-state index < -0.39 is 16.2 Å². The highest BCUT2D eigenvalue weighted by Crippen LogP contribution is 2.57. The van der Waals surface area contributed by atoms with Crippen molar-refractivity contribution in [2.75, 3.05) is 14.2 Å². The Balaban J connectivity index is 2.36. The summed E-state index contributed by atoms with van der Waals surface area (Å²) in [5, 5.41) is 10.00. The Hall–Kier alpha value is -2.34. The number of hydrogen-bond donors (Lipinski definition) is 1. The van der Waals surface area contributed by atoms with Crippen molar-refractivity contribution in [2.24, 2.45) is 5.92 Å². The van der Waals surface area contributed by atoms with Gasteiger partial charge in [-0.3, -0.25) is 9.59 Å². The van der Waals surface area contributed by atoms with Crippen molar-refractivity contribution in [3.05, 3.63) is 53.6 Å². The topological polar surface area (TPSA) is 72.8 Å². The van der Waals surface area contributed by atoms with Crippen molar-refractivity contribution < 1.29 is 24.2 Å². The summed E-state index contributed by atoms with van der Waals surface area (Å²) >= 11 is 3.68. The summed E-state index contributed by atoms with van der Waals surface area (Å²) in [6.07, 6.45) is 5.45. The molecule has 142 valence electrons. The van der Waals surface area contributed by atoms with Gasteiger partial charge in [0, 0.05) is 29.5 Å². The molecule has 0 unspecified atom stereocenters. The Kier molecular flexibility index (Phi) is 5.04. The van der Waals surface area contributed by atoms with E-state index in [1.165, 1.54) is 32.4 Å². The minimum absolute atomic E-state index is 0.0188. The third-order valence-corrected chi connectivity index (χ3v) is 6.68. The number of methoxy groups -OCH3 is 2. The van der Waals surface area contributed by atoms with Gasteiger partial charge in [0.2, 0.25) is 0 Å². The molecule has 0 saturated carbocycles. The zero-order chi connectivity index (χ0) is 19.9. The van der Waals surface area contributed by atoms with Gasteiger partial charge in [-0.2, -0.15) is 0 Å². The van der Waals surface area contributed by atoms with Crippen LogP contribution in [0.2, 0.25) is 0 Å². The molecule has 0 spiro atoms. The fourth-order valence-corrected chi connectivity index (χ4v) is 5.29. The van der Waals surface area contributed by atoms with Crippen LogP contribution in [0.3, 0.4) is 0 Å². The van der Waals surface area contributed by atoms with E-state index in [-0.39, 0.29) is 17.3 Å². The molecule has 3 rings (SSSR count). The number of rotatable bonds is 4. The molecule has 0 bridgehead atoms. The summed E-state index contributed by atoms with van der Waals surface area (Å²) in [6.45, 7) is 5.54. The van der Waals surface area contributed by atoms with E-state index in [1.54, 1.807) is 13.0 Å². The number of carbonyl (C=O) groups is 2. The number of phenolic OH excluding ortho intramolecular Hbond substituents is 1. The normalized spacial score (nSPS) is 27.4. The van der Waals surface area contributed by atoms with Gasteiger partial charge >= 0.3 is 0 Å². The number of ketones is 2. The molecular weight excluding hydrogens is 412 g/mol. The van der Waals surface area contributed by atoms with Crippen molar-refractivity contribution in [2.45, 2.75) is 23.6 Å². The predicted molar refractivity (Wildman–Crippen MR) is 106 cm³/mol. The van der Waals surface area contributed by atoms with Gasteiger partial charge in [-0.05, 0) is 30.6 Å². The van der Waals surface area contributed by atoms with Crippen molar-refractivity contribution in [3.8, 4) is 17.2 Å². The Morgan fingerprint density at radius 3 is 2.37 bits per heavy atom. The summed E-state index contributed by atoms with van der Waals surface area (Å²) in [4.78, 5) is 26.0. The Labute approximate surface area is 166 Å². The van der Waals surface area contributed by atoms with E-state index in [1.807, 2.05) is 6.08 Å². The SMILES string of the molecule is C=CC1=CC[C@H]2C(=O)C=C(C)C(=O)[C@@]2(Br)[C@H]1c1c(OC)cc(O)cc1OC. The number of ether oxygens (including phenoxy) is 2. The number of aromatic hydroxyl groups is 1. The molecule has 5 nitrogen and oxygen atoms in total. The minimum atomic E-state index is -1.18. The molecule has 2 aliphatic carbocycles. The maximum Gasteiger partial charge on any atom is 0.177 e. The van der Waals surface area contributed by atoms with Gasteiger partial charge in [-0.15, -0.1) is 0 Å². The maximum atomic E-state index is 13.3. The molecule has 6 heteroatoms. The van der Waals surface area contributed by atoms with Crippen LogP contribution in [0.1, 0.15) is 24.8 Å². The predicted octanol–water partition coefficient (Wildman–Crippen LogP) is 3.86. The van der Waals surface area contributed by atoms with Crippen LogP contribution in [0.15, 0.2) is 48.1 Å². The number of fused-ring (bicyclic) bond motifs is 1.